The van der Waals surface area contributed by atoms with Crippen molar-refractivity contribution in [3.63, 3.8) is 0 Å². The molecule has 1 unspecified atom stereocenters. The molecule has 0 aliphatic carbocycles. The van der Waals surface area contributed by atoms with Crippen LogP contribution in [0.5, 0.6) is 0 Å². The first-order valence-corrected chi connectivity index (χ1v) is 5.78. The van der Waals surface area contributed by atoms with Crippen molar-refractivity contribution in [1.29, 1.82) is 0 Å². The number of aromatic nitrogens is 3. The molecule has 3 aromatic rings. The van der Waals surface area contributed by atoms with Crippen molar-refractivity contribution < 1.29 is 0 Å². The lowest BCUT2D eigenvalue weighted by Gasteiger charge is -2.09. The molecule has 0 aliphatic rings. The van der Waals surface area contributed by atoms with Crippen molar-refractivity contribution in [2.75, 3.05) is 0 Å². The smallest absolute Gasteiger partial charge is 0.113 e. The largest absolute Gasteiger partial charge is 0.197 e. The molecule has 0 amide bonds. The quantitative estimate of drug-likeness (QED) is 0.702. The van der Waals surface area contributed by atoms with Gasteiger partial charge in [-0.05, 0) is 23.3 Å². The molecule has 0 fully saturated rings. The highest BCUT2D eigenvalue weighted by Gasteiger charge is 2.11. The highest BCUT2D eigenvalue weighted by atomic mass is 35.5. The summed E-state index contributed by atoms with van der Waals surface area (Å²) < 4.78 is 0. The zero-order chi connectivity index (χ0) is 11.7. The predicted molar refractivity (Wildman–Crippen MR) is 68.0 cm³/mol. The molecule has 0 saturated carbocycles. The van der Waals surface area contributed by atoms with E-state index in [0.717, 1.165) is 22.2 Å². The number of rotatable bonds is 2. The Morgan fingerprint density at radius 3 is 2.47 bits per heavy atom. The molecule has 1 N–H and O–H groups in total. The van der Waals surface area contributed by atoms with E-state index in [0.29, 0.717) is 0 Å². The van der Waals surface area contributed by atoms with Crippen molar-refractivity contribution in [3.8, 4) is 0 Å². The van der Waals surface area contributed by atoms with E-state index < -0.39 is 0 Å². The number of nitrogens with zero attached hydrogens (tertiary/aromatic N) is 2. The van der Waals surface area contributed by atoms with Crippen LogP contribution in [0.1, 0.15) is 16.5 Å². The molecule has 3 rings (SSSR count). The molecule has 17 heavy (non-hydrogen) atoms. The number of H-pyrrole nitrogens is 1. The zero-order valence-corrected chi connectivity index (χ0v) is 9.72. The van der Waals surface area contributed by atoms with Gasteiger partial charge in [0.2, 0.25) is 0 Å². The van der Waals surface area contributed by atoms with Crippen LogP contribution in [-0.2, 0) is 0 Å². The number of benzene rings is 2. The number of aromatic amines is 1. The fourth-order valence-electron chi connectivity index (χ4n) is 1.83. The summed E-state index contributed by atoms with van der Waals surface area (Å²) in [4.78, 5) is 0. The lowest BCUT2D eigenvalue weighted by molar-refractivity contribution is 0.959. The summed E-state index contributed by atoms with van der Waals surface area (Å²) in [6.45, 7) is 0. The number of hydrogen-bond donors (Lipinski definition) is 1. The molecule has 0 bridgehead atoms. The SMILES string of the molecule is ClC(c1ccccc1)c1ccc2n[nH]nc2c1. The number of nitrogens with one attached hydrogen (secondary N) is 1. The first-order valence-electron chi connectivity index (χ1n) is 5.34. The van der Waals surface area contributed by atoms with E-state index in [1.807, 2.05) is 48.5 Å². The minimum atomic E-state index is -0.155. The van der Waals surface area contributed by atoms with Crippen molar-refractivity contribution >= 4 is 22.6 Å². The second-order valence-electron chi connectivity index (χ2n) is 3.84. The van der Waals surface area contributed by atoms with Crippen LogP contribution in [0.3, 0.4) is 0 Å². The number of hydrogen-bond acceptors (Lipinski definition) is 2. The molecule has 1 heterocycles. The molecular formula is C13H10ClN3. The van der Waals surface area contributed by atoms with Gasteiger partial charge >= 0.3 is 0 Å². The summed E-state index contributed by atoms with van der Waals surface area (Å²) in [6, 6.07) is 15.9. The van der Waals surface area contributed by atoms with E-state index in [4.69, 9.17) is 11.6 Å². The van der Waals surface area contributed by atoms with Crippen LogP contribution in [0.15, 0.2) is 48.5 Å². The molecule has 1 aromatic heterocycles. The molecule has 3 nitrogen and oxygen atoms in total. The van der Waals surface area contributed by atoms with Crippen LogP contribution in [0, 0.1) is 0 Å². The third-order valence-corrected chi connectivity index (χ3v) is 3.23. The summed E-state index contributed by atoms with van der Waals surface area (Å²) in [5.41, 5.74) is 3.80. The van der Waals surface area contributed by atoms with Crippen LogP contribution in [-0.4, -0.2) is 15.4 Å². The Morgan fingerprint density at radius 2 is 1.65 bits per heavy atom. The van der Waals surface area contributed by atoms with Gasteiger partial charge in [0, 0.05) is 0 Å². The monoisotopic (exact) mass is 243 g/mol. The van der Waals surface area contributed by atoms with Gasteiger partial charge in [0.1, 0.15) is 11.0 Å². The summed E-state index contributed by atoms with van der Waals surface area (Å²) in [7, 11) is 0. The maximum atomic E-state index is 6.44. The topological polar surface area (TPSA) is 41.6 Å². The Morgan fingerprint density at radius 1 is 0.882 bits per heavy atom. The van der Waals surface area contributed by atoms with Crippen molar-refractivity contribution in [1.82, 2.24) is 15.4 Å². The Bertz CT molecular complexity index is 633. The number of fused-ring (bicyclic) bond motifs is 1. The van der Waals surface area contributed by atoms with E-state index in [1.54, 1.807) is 0 Å². The highest BCUT2D eigenvalue weighted by Crippen LogP contribution is 2.29. The average Bonchev–Trinajstić information content (AvgIpc) is 2.86. The molecule has 0 radical (unpaired) electrons. The van der Waals surface area contributed by atoms with E-state index in [-0.39, 0.29) is 5.38 Å². The first kappa shape index (κ1) is 10.3. The van der Waals surface area contributed by atoms with Crippen LogP contribution < -0.4 is 0 Å². The lowest BCUT2D eigenvalue weighted by Crippen LogP contribution is -1.92. The highest BCUT2D eigenvalue weighted by molar-refractivity contribution is 6.22. The van der Waals surface area contributed by atoms with Gasteiger partial charge in [-0.25, -0.2) is 0 Å². The van der Waals surface area contributed by atoms with Gasteiger partial charge in [-0.15, -0.1) is 11.6 Å². The minimum absolute atomic E-state index is 0.155. The lowest BCUT2D eigenvalue weighted by atomic mass is 10.0. The fraction of sp³-hybridized carbons (Fsp3) is 0.0769. The van der Waals surface area contributed by atoms with E-state index in [2.05, 4.69) is 15.4 Å². The molecule has 0 spiro atoms. The van der Waals surface area contributed by atoms with Gasteiger partial charge in [-0.1, -0.05) is 36.4 Å². The van der Waals surface area contributed by atoms with E-state index in [9.17, 15) is 0 Å². The molecule has 0 aliphatic heterocycles. The van der Waals surface area contributed by atoms with Gasteiger partial charge in [-0.2, -0.15) is 15.4 Å². The standard InChI is InChI=1S/C13H10ClN3/c14-13(9-4-2-1-3-5-9)10-6-7-11-12(8-10)16-17-15-11/h1-8,13H,(H,15,16,17). The third-order valence-electron chi connectivity index (χ3n) is 2.73. The van der Waals surface area contributed by atoms with Crippen molar-refractivity contribution in [3.05, 3.63) is 59.7 Å². The normalized spacial score (nSPS) is 12.8. The van der Waals surface area contributed by atoms with Gasteiger partial charge in [0.15, 0.2) is 0 Å². The summed E-state index contributed by atoms with van der Waals surface area (Å²) >= 11 is 6.44. The van der Waals surface area contributed by atoms with Gasteiger partial charge in [0.05, 0.1) is 5.38 Å². The van der Waals surface area contributed by atoms with E-state index in [1.165, 1.54) is 0 Å². The molecule has 1 atom stereocenters. The Hall–Kier alpha value is -1.87. The Balaban J connectivity index is 2.03. The van der Waals surface area contributed by atoms with Gasteiger partial charge in [0.25, 0.3) is 0 Å². The fourth-order valence-corrected chi connectivity index (χ4v) is 2.11. The summed E-state index contributed by atoms with van der Waals surface area (Å²) in [5, 5.41) is 10.5. The Labute approximate surface area is 103 Å². The molecular weight excluding hydrogens is 234 g/mol. The second-order valence-corrected chi connectivity index (χ2v) is 4.28. The molecule has 4 heteroatoms. The second kappa shape index (κ2) is 4.18. The number of halogens is 1. The molecule has 84 valence electrons. The van der Waals surface area contributed by atoms with Crippen LogP contribution >= 0.6 is 11.6 Å². The molecule has 0 saturated heterocycles. The maximum absolute atomic E-state index is 6.44. The summed E-state index contributed by atoms with van der Waals surface area (Å²) in [6.07, 6.45) is 0. The third kappa shape index (κ3) is 1.89. The van der Waals surface area contributed by atoms with Crippen LogP contribution in [0.25, 0.3) is 11.0 Å². The van der Waals surface area contributed by atoms with Gasteiger partial charge in [-0.3, -0.25) is 0 Å². The maximum Gasteiger partial charge on any atom is 0.113 e. The minimum Gasteiger partial charge on any atom is -0.197 e. The number of alkyl halides is 1. The van der Waals surface area contributed by atoms with Crippen molar-refractivity contribution in [2.24, 2.45) is 0 Å². The van der Waals surface area contributed by atoms with E-state index >= 15 is 0 Å². The average molecular weight is 244 g/mol. The summed E-state index contributed by atoms with van der Waals surface area (Å²) in [5.74, 6) is 0. The zero-order valence-electron chi connectivity index (χ0n) is 8.97. The molecule has 2 aromatic carbocycles. The van der Waals surface area contributed by atoms with Crippen molar-refractivity contribution in [2.45, 2.75) is 5.38 Å². The predicted octanol–water partition coefficient (Wildman–Crippen LogP) is 3.29. The Kier molecular flexibility index (Phi) is 2.53. The first-order chi connectivity index (χ1) is 8.34. The van der Waals surface area contributed by atoms with Crippen LogP contribution in [0.2, 0.25) is 0 Å². The van der Waals surface area contributed by atoms with Crippen LogP contribution in [0.4, 0.5) is 0 Å². The van der Waals surface area contributed by atoms with Gasteiger partial charge < -0.3 is 0 Å².